The molecule has 1 rings (SSSR count). The highest BCUT2D eigenvalue weighted by Gasteiger charge is 2.35. The van der Waals surface area contributed by atoms with Crippen molar-refractivity contribution < 1.29 is 13.2 Å². The van der Waals surface area contributed by atoms with E-state index >= 15 is 0 Å². The molecular formula is C6H6F3IN2. The zero-order valence-electron chi connectivity index (χ0n) is 6.17. The SMILES string of the molecule is CCc1nc(C(F)(F)F)[nH]c1I. The van der Waals surface area contributed by atoms with Gasteiger partial charge in [-0.3, -0.25) is 0 Å². The number of imidazole rings is 1. The largest absolute Gasteiger partial charge is 0.449 e. The van der Waals surface area contributed by atoms with Gasteiger partial charge in [-0.25, -0.2) is 4.98 Å². The lowest BCUT2D eigenvalue weighted by Crippen LogP contribution is -2.07. The normalized spacial score (nSPS) is 12.1. The van der Waals surface area contributed by atoms with Gasteiger partial charge in [0.05, 0.1) is 5.69 Å². The van der Waals surface area contributed by atoms with Crippen molar-refractivity contribution in [2.45, 2.75) is 19.5 Å². The first-order chi connectivity index (χ1) is 5.45. The molecule has 1 aromatic heterocycles. The second-order valence-corrected chi connectivity index (χ2v) is 3.28. The van der Waals surface area contributed by atoms with Crippen molar-refractivity contribution in [3.05, 3.63) is 15.2 Å². The van der Waals surface area contributed by atoms with Gasteiger partial charge in [0.2, 0.25) is 5.82 Å². The summed E-state index contributed by atoms with van der Waals surface area (Å²) in [6.45, 7) is 1.76. The van der Waals surface area contributed by atoms with E-state index in [1.165, 1.54) is 0 Å². The molecule has 0 bridgehead atoms. The van der Waals surface area contributed by atoms with E-state index in [4.69, 9.17) is 0 Å². The predicted octanol–water partition coefficient (Wildman–Crippen LogP) is 2.60. The minimum absolute atomic E-state index is 0.461. The first kappa shape index (κ1) is 9.82. The molecule has 68 valence electrons. The molecule has 0 unspecified atom stereocenters. The molecule has 0 fully saturated rings. The van der Waals surface area contributed by atoms with Gasteiger partial charge in [-0.15, -0.1) is 0 Å². The highest BCUT2D eigenvalue weighted by Crippen LogP contribution is 2.27. The predicted molar refractivity (Wildman–Crippen MR) is 45.7 cm³/mol. The molecule has 0 radical (unpaired) electrons. The van der Waals surface area contributed by atoms with Crippen LogP contribution in [0.2, 0.25) is 0 Å². The van der Waals surface area contributed by atoms with Crippen molar-refractivity contribution in [1.82, 2.24) is 9.97 Å². The van der Waals surface area contributed by atoms with Crippen molar-refractivity contribution >= 4 is 22.6 Å². The van der Waals surface area contributed by atoms with Gasteiger partial charge in [0.1, 0.15) is 3.70 Å². The molecule has 0 aliphatic heterocycles. The number of aromatic nitrogens is 2. The van der Waals surface area contributed by atoms with E-state index in [2.05, 4.69) is 9.97 Å². The van der Waals surface area contributed by atoms with E-state index < -0.39 is 12.0 Å². The van der Waals surface area contributed by atoms with Crippen LogP contribution < -0.4 is 0 Å². The Kier molecular flexibility index (Phi) is 2.64. The number of aromatic amines is 1. The third kappa shape index (κ3) is 1.90. The standard InChI is InChI=1S/C6H6F3IN2/c1-2-3-4(10)12-5(11-3)6(7,8)9/h2H2,1H3,(H,11,12). The maximum atomic E-state index is 12.0. The summed E-state index contributed by atoms with van der Waals surface area (Å²) in [4.78, 5) is 5.60. The molecule has 1 N–H and O–H groups in total. The van der Waals surface area contributed by atoms with Crippen molar-refractivity contribution in [1.29, 1.82) is 0 Å². The minimum atomic E-state index is -4.37. The topological polar surface area (TPSA) is 28.7 Å². The van der Waals surface area contributed by atoms with Crippen LogP contribution in [0.4, 0.5) is 13.2 Å². The quantitative estimate of drug-likeness (QED) is 0.791. The molecule has 2 nitrogen and oxygen atoms in total. The lowest BCUT2D eigenvalue weighted by molar-refractivity contribution is -0.144. The van der Waals surface area contributed by atoms with Gasteiger partial charge in [0, 0.05) is 0 Å². The number of rotatable bonds is 1. The van der Waals surface area contributed by atoms with Gasteiger partial charge in [-0.2, -0.15) is 13.2 Å². The van der Waals surface area contributed by atoms with Gasteiger partial charge < -0.3 is 4.98 Å². The summed E-state index contributed by atoms with van der Waals surface area (Å²) in [6.07, 6.45) is -3.86. The molecule has 0 saturated heterocycles. The van der Waals surface area contributed by atoms with E-state index in [-0.39, 0.29) is 0 Å². The van der Waals surface area contributed by atoms with Crippen LogP contribution in [0.15, 0.2) is 0 Å². The summed E-state index contributed by atoms with van der Waals surface area (Å²) in [5.74, 6) is -0.913. The van der Waals surface area contributed by atoms with Crippen molar-refractivity contribution in [2.24, 2.45) is 0 Å². The molecule has 1 aromatic rings. The lowest BCUT2D eigenvalue weighted by atomic mass is 10.4. The molecule has 0 aliphatic rings. The third-order valence-corrected chi connectivity index (χ3v) is 2.22. The maximum absolute atomic E-state index is 12.0. The Morgan fingerprint density at radius 1 is 1.50 bits per heavy atom. The van der Waals surface area contributed by atoms with Crippen LogP contribution in [-0.4, -0.2) is 9.97 Å². The van der Waals surface area contributed by atoms with Gasteiger partial charge in [-0.1, -0.05) is 6.92 Å². The summed E-state index contributed by atoms with van der Waals surface area (Å²) in [5.41, 5.74) is 0.461. The molecule has 1 heterocycles. The van der Waals surface area contributed by atoms with Crippen LogP contribution in [0, 0.1) is 3.70 Å². The number of aryl methyl sites for hydroxylation is 1. The second-order valence-electron chi connectivity index (χ2n) is 2.20. The molecule has 0 aliphatic carbocycles. The average Bonchev–Trinajstić information content (AvgIpc) is 2.29. The van der Waals surface area contributed by atoms with Gasteiger partial charge in [0.15, 0.2) is 0 Å². The molecule has 6 heteroatoms. The first-order valence-electron chi connectivity index (χ1n) is 3.26. The molecule has 0 aromatic carbocycles. The number of halogens is 4. The van der Waals surface area contributed by atoms with E-state index in [1.807, 2.05) is 0 Å². The van der Waals surface area contributed by atoms with Crippen LogP contribution in [0.5, 0.6) is 0 Å². The Morgan fingerprint density at radius 2 is 2.08 bits per heavy atom. The fourth-order valence-electron chi connectivity index (χ4n) is 0.757. The third-order valence-electron chi connectivity index (χ3n) is 1.33. The van der Waals surface area contributed by atoms with Crippen LogP contribution >= 0.6 is 22.6 Å². The van der Waals surface area contributed by atoms with Crippen LogP contribution in [0.3, 0.4) is 0 Å². The fraction of sp³-hybridized carbons (Fsp3) is 0.500. The first-order valence-corrected chi connectivity index (χ1v) is 4.34. The number of nitrogens with zero attached hydrogens (tertiary/aromatic N) is 1. The molecule has 0 spiro atoms. The average molecular weight is 290 g/mol. The highest BCUT2D eigenvalue weighted by molar-refractivity contribution is 14.1. The number of hydrogen-bond donors (Lipinski definition) is 1. The Hall–Kier alpha value is -0.270. The highest BCUT2D eigenvalue weighted by atomic mass is 127. The van der Waals surface area contributed by atoms with Crippen LogP contribution in [0.25, 0.3) is 0 Å². The van der Waals surface area contributed by atoms with Crippen molar-refractivity contribution in [3.63, 3.8) is 0 Å². The lowest BCUT2D eigenvalue weighted by Gasteiger charge is -1.99. The summed E-state index contributed by atoms with van der Waals surface area (Å²) < 4.78 is 36.5. The van der Waals surface area contributed by atoms with E-state index in [0.29, 0.717) is 15.8 Å². The van der Waals surface area contributed by atoms with Crippen molar-refractivity contribution in [3.8, 4) is 0 Å². The molecule has 0 atom stereocenters. The Morgan fingerprint density at radius 3 is 2.33 bits per heavy atom. The monoisotopic (exact) mass is 290 g/mol. The van der Waals surface area contributed by atoms with Crippen LogP contribution in [-0.2, 0) is 12.6 Å². The smallest absolute Gasteiger partial charge is 0.330 e. The Balaban J connectivity index is 3.05. The second kappa shape index (κ2) is 3.23. The zero-order chi connectivity index (χ0) is 9.35. The summed E-state index contributed by atoms with van der Waals surface area (Å²) in [6, 6.07) is 0. The molecule has 0 saturated carbocycles. The summed E-state index contributed by atoms with van der Waals surface area (Å²) in [7, 11) is 0. The summed E-state index contributed by atoms with van der Waals surface area (Å²) >= 11 is 1.80. The number of alkyl halides is 3. The number of nitrogens with one attached hydrogen (secondary N) is 1. The number of hydrogen-bond acceptors (Lipinski definition) is 1. The van der Waals surface area contributed by atoms with E-state index in [9.17, 15) is 13.2 Å². The molecular weight excluding hydrogens is 284 g/mol. The zero-order valence-corrected chi connectivity index (χ0v) is 8.32. The summed E-state index contributed by atoms with van der Waals surface area (Å²) in [5, 5.41) is 0. The van der Waals surface area contributed by atoms with Gasteiger partial charge in [-0.05, 0) is 29.0 Å². The van der Waals surface area contributed by atoms with E-state index in [1.54, 1.807) is 29.5 Å². The minimum Gasteiger partial charge on any atom is -0.330 e. The van der Waals surface area contributed by atoms with Gasteiger partial charge >= 0.3 is 6.18 Å². The van der Waals surface area contributed by atoms with Crippen molar-refractivity contribution in [2.75, 3.05) is 0 Å². The van der Waals surface area contributed by atoms with Crippen LogP contribution in [0.1, 0.15) is 18.4 Å². The molecule has 12 heavy (non-hydrogen) atoms. The Labute approximate surface area is 80.7 Å². The number of H-pyrrole nitrogens is 1. The van der Waals surface area contributed by atoms with Gasteiger partial charge in [0.25, 0.3) is 0 Å². The Bertz CT molecular complexity index is 279. The maximum Gasteiger partial charge on any atom is 0.449 e. The van der Waals surface area contributed by atoms with E-state index in [0.717, 1.165) is 0 Å². The fourth-order valence-corrected chi connectivity index (χ4v) is 1.51. The molecule has 0 amide bonds.